The number of halogens is 1. The summed E-state index contributed by atoms with van der Waals surface area (Å²) in [6, 6.07) is 0. The number of hydrogen-bond donors (Lipinski definition) is 1. The van der Waals surface area contributed by atoms with Crippen molar-refractivity contribution in [1.82, 2.24) is 5.32 Å². The van der Waals surface area contributed by atoms with Crippen molar-refractivity contribution in [1.29, 1.82) is 0 Å². The highest BCUT2D eigenvalue weighted by atomic mass is 19.1. The third-order valence-corrected chi connectivity index (χ3v) is 4.17. The van der Waals surface area contributed by atoms with Crippen LogP contribution in [0.25, 0.3) is 0 Å². The first-order chi connectivity index (χ1) is 12.8. The zero-order chi connectivity index (χ0) is 20.0. The molecule has 0 bridgehead atoms. The molecule has 1 N–H and O–H groups in total. The van der Waals surface area contributed by atoms with E-state index in [4.69, 9.17) is 9.47 Å². The summed E-state index contributed by atoms with van der Waals surface area (Å²) in [4.78, 5) is 57.7. The molecule has 0 spiro atoms. The fraction of sp³-hybridized carbons (Fsp3) is 0.688. The van der Waals surface area contributed by atoms with Crippen LogP contribution in [0.15, 0.2) is 0 Å². The monoisotopic (exact) mass is 389 g/mol. The summed E-state index contributed by atoms with van der Waals surface area (Å²) in [5.41, 5.74) is 0. The maximum Gasteiger partial charge on any atom is 0.515 e. The van der Waals surface area contributed by atoms with Crippen molar-refractivity contribution in [2.24, 2.45) is 5.92 Å². The van der Waals surface area contributed by atoms with Gasteiger partial charge in [0.15, 0.2) is 0 Å². The molecule has 2 atom stereocenters. The lowest BCUT2D eigenvalue weighted by atomic mass is 10.1. The Labute approximate surface area is 153 Å². The molecule has 0 aromatic rings. The van der Waals surface area contributed by atoms with Crippen LogP contribution in [0.4, 0.5) is 14.0 Å². The topological polar surface area (TPSA) is 134 Å². The lowest BCUT2D eigenvalue weighted by molar-refractivity contribution is -0.203. The number of rotatable bonds is 7. The molecule has 0 radical (unpaired) electrons. The molecule has 2 amide bonds. The van der Waals surface area contributed by atoms with Crippen LogP contribution in [-0.4, -0.2) is 42.2 Å². The zero-order valence-electron chi connectivity index (χ0n) is 14.7. The Morgan fingerprint density at radius 1 is 1.19 bits per heavy atom. The maximum atomic E-state index is 12.6. The number of amides is 2. The summed E-state index contributed by atoms with van der Waals surface area (Å²) in [6.45, 7) is 1.75. The van der Waals surface area contributed by atoms with Gasteiger partial charge in [-0.25, -0.2) is 9.59 Å². The molecule has 0 aromatic heterocycles. The van der Waals surface area contributed by atoms with Gasteiger partial charge in [0.2, 0.25) is 5.91 Å². The quantitative estimate of drug-likeness (QED) is 0.299. The molecule has 150 valence electrons. The van der Waals surface area contributed by atoms with Crippen molar-refractivity contribution < 1.29 is 47.3 Å². The van der Waals surface area contributed by atoms with Gasteiger partial charge >= 0.3 is 30.0 Å². The Morgan fingerprint density at radius 3 is 2.37 bits per heavy atom. The molecule has 1 aliphatic heterocycles. The SMILES string of the molecule is CCCC(OC(=O)OC1(OC(=O)F)CC(=O)NC1=O)OC(=O)C1CCCC1. The Hall–Kier alpha value is -2.72. The van der Waals surface area contributed by atoms with Crippen LogP contribution in [-0.2, 0) is 33.3 Å². The van der Waals surface area contributed by atoms with Gasteiger partial charge in [-0.1, -0.05) is 19.8 Å². The van der Waals surface area contributed by atoms with Gasteiger partial charge in [0, 0.05) is 6.42 Å². The molecule has 0 aromatic carbocycles. The molecular formula is C16H20FNO9. The lowest BCUT2D eigenvalue weighted by Gasteiger charge is -2.25. The average molecular weight is 389 g/mol. The van der Waals surface area contributed by atoms with Crippen LogP contribution in [0.3, 0.4) is 0 Å². The second-order valence-corrected chi connectivity index (χ2v) is 6.25. The summed E-state index contributed by atoms with van der Waals surface area (Å²) >= 11 is 0. The molecule has 27 heavy (non-hydrogen) atoms. The van der Waals surface area contributed by atoms with Gasteiger partial charge in [-0.15, -0.1) is 4.39 Å². The van der Waals surface area contributed by atoms with Crippen LogP contribution < -0.4 is 5.32 Å². The molecule has 1 aliphatic carbocycles. The van der Waals surface area contributed by atoms with Gasteiger partial charge in [-0.05, 0) is 19.3 Å². The molecule has 2 unspecified atom stereocenters. The Kier molecular flexibility index (Phi) is 6.70. The summed E-state index contributed by atoms with van der Waals surface area (Å²) in [5.74, 6) is -5.86. The third kappa shape index (κ3) is 5.38. The van der Waals surface area contributed by atoms with Gasteiger partial charge in [0.05, 0.1) is 5.92 Å². The molecule has 1 saturated carbocycles. The highest BCUT2D eigenvalue weighted by Crippen LogP contribution is 2.28. The van der Waals surface area contributed by atoms with E-state index in [0.717, 1.165) is 12.8 Å². The van der Waals surface area contributed by atoms with E-state index in [1.807, 2.05) is 0 Å². The van der Waals surface area contributed by atoms with E-state index in [1.165, 1.54) is 0 Å². The molecule has 2 rings (SSSR count). The second-order valence-electron chi connectivity index (χ2n) is 6.25. The third-order valence-electron chi connectivity index (χ3n) is 4.17. The summed E-state index contributed by atoms with van der Waals surface area (Å²) in [7, 11) is 0. The predicted octanol–water partition coefficient (Wildman–Crippen LogP) is 1.85. The molecule has 10 nitrogen and oxygen atoms in total. The number of hydrogen-bond acceptors (Lipinski definition) is 9. The van der Waals surface area contributed by atoms with Crippen molar-refractivity contribution in [3.05, 3.63) is 0 Å². The maximum absolute atomic E-state index is 12.6. The van der Waals surface area contributed by atoms with E-state index in [9.17, 15) is 28.4 Å². The first-order valence-electron chi connectivity index (χ1n) is 8.58. The van der Waals surface area contributed by atoms with E-state index < -0.39 is 48.7 Å². The van der Waals surface area contributed by atoms with Gasteiger partial charge in [0.25, 0.3) is 6.29 Å². The Bertz CT molecular complexity index is 631. The molecule has 2 fully saturated rings. The van der Waals surface area contributed by atoms with Gasteiger partial charge in [0.1, 0.15) is 6.42 Å². The van der Waals surface area contributed by atoms with Crippen molar-refractivity contribution in [2.75, 3.05) is 0 Å². The summed E-state index contributed by atoms with van der Waals surface area (Å²) in [5, 5.41) is 1.73. The van der Waals surface area contributed by atoms with Crippen molar-refractivity contribution in [2.45, 2.75) is 63.9 Å². The Morgan fingerprint density at radius 2 is 1.85 bits per heavy atom. The largest absolute Gasteiger partial charge is 0.515 e. The van der Waals surface area contributed by atoms with E-state index in [-0.39, 0.29) is 12.3 Å². The molecule has 11 heteroatoms. The van der Waals surface area contributed by atoms with Gasteiger partial charge < -0.3 is 18.9 Å². The highest BCUT2D eigenvalue weighted by Gasteiger charge is 2.55. The van der Waals surface area contributed by atoms with E-state index in [2.05, 4.69) is 9.47 Å². The minimum absolute atomic E-state index is 0.147. The van der Waals surface area contributed by atoms with Crippen molar-refractivity contribution in [3.8, 4) is 0 Å². The number of imide groups is 1. The number of carbonyl (C=O) groups excluding carboxylic acids is 5. The summed E-state index contributed by atoms with van der Waals surface area (Å²) < 4.78 is 31.3. The number of nitrogens with one attached hydrogen (secondary N) is 1. The zero-order valence-corrected chi connectivity index (χ0v) is 14.7. The van der Waals surface area contributed by atoms with Crippen LogP contribution >= 0.6 is 0 Å². The minimum Gasteiger partial charge on any atom is -0.425 e. The minimum atomic E-state index is -2.80. The standard InChI is InChI=1S/C16H20FNO9/c1-2-5-11(24-12(20)9-6-3-4-7-9)25-15(23)27-16(26-14(17)22)8-10(19)18-13(16)21/h9,11H,2-8H2,1H3,(H,18,19,21). The molecular weight excluding hydrogens is 369 g/mol. The number of ether oxygens (including phenoxy) is 4. The van der Waals surface area contributed by atoms with Crippen LogP contribution in [0.2, 0.25) is 0 Å². The fourth-order valence-electron chi connectivity index (χ4n) is 2.90. The normalized spacial score (nSPS) is 23.5. The highest BCUT2D eigenvalue weighted by molar-refractivity contribution is 6.08. The van der Waals surface area contributed by atoms with E-state index in [0.29, 0.717) is 19.3 Å². The Balaban J connectivity index is 2.00. The smallest absolute Gasteiger partial charge is 0.425 e. The lowest BCUT2D eigenvalue weighted by Crippen LogP contribution is -2.46. The van der Waals surface area contributed by atoms with Crippen LogP contribution in [0.1, 0.15) is 51.9 Å². The fourth-order valence-corrected chi connectivity index (χ4v) is 2.90. The average Bonchev–Trinajstić information content (AvgIpc) is 3.15. The van der Waals surface area contributed by atoms with Gasteiger partial charge in [-0.3, -0.25) is 19.7 Å². The molecule has 1 heterocycles. The predicted molar refractivity (Wildman–Crippen MR) is 82.4 cm³/mol. The first kappa shape index (κ1) is 20.6. The van der Waals surface area contributed by atoms with Crippen LogP contribution in [0, 0.1) is 5.92 Å². The van der Waals surface area contributed by atoms with E-state index >= 15 is 0 Å². The van der Waals surface area contributed by atoms with Gasteiger partial charge in [-0.2, -0.15) is 0 Å². The number of carbonyl (C=O) groups is 5. The number of esters is 1. The first-order valence-corrected chi connectivity index (χ1v) is 8.58. The van der Waals surface area contributed by atoms with Crippen LogP contribution in [0.5, 0.6) is 0 Å². The van der Waals surface area contributed by atoms with Crippen molar-refractivity contribution in [3.63, 3.8) is 0 Å². The molecule has 1 saturated heterocycles. The molecule has 2 aliphatic rings. The van der Waals surface area contributed by atoms with E-state index in [1.54, 1.807) is 12.2 Å². The van der Waals surface area contributed by atoms with Crippen molar-refractivity contribution >= 4 is 30.2 Å². The summed E-state index contributed by atoms with van der Waals surface area (Å²) in [6.07, 6.45) is -2.40. The second kappa shape index (κ2) is 8.78.